The van der Waals surface area contributed by atoms with Crippen molar-refractivity contribution in [3.63, 3.8) is 0 Å². The Bertz CT molecular complexity index is 915. The standard InChI is InChI=1S/C22H25BrN2O6/c1-14(2)11-24-20(26)12-31-22(28)15-4-9-18(19(10-15)29-3)30-13-21(27)25-17-7-5-16(23)6-8-17/h4-10,14H,11-13H2,1-3H3,(H,24,26)(H,25,27). The maximum Gasteiger partial charge on any atom is 0.338 e. The lowest BCUT2D eigenvalue weighted by Gasteiger charge is -2.12. The van der Waals surface area contributed by atoms with E-state index in [1.54, 1.807) is 12.1 Å². The molecule has 2 amide bonds. The first-order valence-corrected chi connectivity index (χ1v) is 10.4. The molecule has 31 heavy (non-hydrogen) atoms. The minimum Gasteiger partial charge on any atom is -0.493 e. The quantitative estimate of drug-likeness (QED) is 0.492. The Hall–Kier alpha value is -3.07. The highest BCUT2D eigenvalue weighted by Gasteiger charge is 2.15. The fraction of sp³-hybridized carbons (Fsp3) is 0.318. The van der Waals surface area contributed by atoms with E-state index in [0.29, 0.717) is 23.9 Å². The smallest absolute Gasteiger partial charge is 0.338 e. The molecule has 2 aromatic rings. The van der Waals surface area contributed by atoms with E-state index in [2.05, 4.69) is 26.6 Å². The number of methoxy groups -OCH3 is 1. The van der Waals surface area contributed by atoms with Gasteiger partial charge in [0, 0.05) is 16.7 Å². The molecule has 166 valence electrons. The van der Waals surface area contributed by atoms with Gasteiger partial charge < -0.3 is 24.8 Å². The van der Waals surface area contributed by atoms with Crippen LogP contribution in [0.2, 0.25) is 0 Å². The molecule has 2 rings (SSSR count). The minimum atomic E-state index is -0.669. The Morgan fingerprint density at radius 1 is 0.968 bits per heavy atom. The highest BCUT2D eigenvalue weighted by Crippen LogP contribution is 2.28. The van der Waals surface area contributed by atoms with Crippen LogP contribution >= 0.6 is 15.9 Å². The maximum absolute atomic E-state index is 12.2. The lowest BCUT2D eigenvalue weighted by Crippen LogP contribution is -2.31. The molecular formula is C22H25BrN2O6. The molecule has 0 aliphatic carbocycles. The van der Waals surface area contributed by atoms with Crippen molar-refractivity contribution >= 4 is 39.4 Å². The molecule has 0 heterocycles. The van der Waals surface area contributed by atoms with Crippen molar-refractivity contribution in [2.75, 3.05) is 32.2 Å². The number of carbonyl (C=O) groups is 3. The molecule has 0 unspecified atom stereocenters. The number of benzene rings is 2. The van der Waals surface area contributed by atoms with Crippen LogP contribution in [0.1, 0.15) is 24.2 Å². The number of esters is 1. The van der Waals surface area contributed by atoms with Crippen LogP contribution in [0.25, 0.3) is 0 Å². The summed E-state index contributed by atoms with van der Waals surface area (Å²) in [6.45, 7) is 3.82. The zero-order valence-electron chi connectivity index (χ0n) is 17.6. The van der Waals surface area contributed by atoms with Crippen LogP contribution in [-0.4, -0.2) is 44.7 Å². The van der Waals surface area contributed by atoms with Gasteiger partial charge in [-0.1, -0.05) is 29.8 Å². The van der Waals surface area contributed by atoms with Crippen LogP contribution in [-0.2, 0) is 14.3 Å². The SMILES string of the molecule is COc1cc(C(=O)OCC(=O)NCC(C)C)ccc1OCC(=O)Nc1ccc(Br)cc1. The number of nitrogens with one attached hydrogen (secondary N) is 2. The summed E-state index contributed by atoms with van der Waals surface area (Å²) in [6.07, 6.45) is 0. The van der Waals surface area contributed by atoms with Crippen molar-refractivity contribution < 1.29 is 28.6 Å². The molecule has 0 fully saturated rings. The number of ether oxygens (including phenoxy) is 3. The minimum absolute atomic E-state index is 0.195. The number of halogens is 1. The number of rotatable bonds is 10. The summed E-state index contributed by atoms with van der Waals surface area (Å²) in [7, 11) is 1.42. The van der Waals surface area contributed by atoms with Crippen LogP contribution in [0.15, 0.2) is 46.9 Å². The van der Waals surface area contributed by atoms with Crippen LogP contribution in [0, 0.1) is 5.92 Å². The van der Waals surface area contributed by atoms with Crippen LogP contribution in [0.3, 0.4) is 0 Å². The lowest BCUT2D eigenvalue weighted by molar-refractivity contribution is -0.124. The van der Waals surface area contributed by atoms with Crippen LogP contribution in [0.4, 0.5) is 5.69 Å². The third kappa shape index (κ3) is 8.29. The largest absolute Gasteiger partial charge is 0.493 e. The van der Waals surface area contributed by atoms with Gasteiger partial charge in [-0.2, -0.15) is 0 Å². The Morgan fingerprint density at radius 3 is 2.32 bits per heavy atom. The number of amides is 2. The van der Waals surface area contributed by atoms with Gasteiger partial charge in [0.25, 0.3) is 11.8 Å². The van der Waals surface area contributed by atoms with E-state index in [0.717, 1.165) is 4.47 Å². The van der Waals surface area contributed by atoms with Gasteiger partial charge in [0.05, 0.1) is 12.7 Å². The van der Waals surface area contributed by atoms with Gasteiger partial charge in [-0.15, -0.1) is 0 Å². The van der Waals surface area contributed by atoms with Gasteiger partial charge in [0.1, 0.15) is 0 Å². The molecule has 0 bridgehead atoms. The number of hydrogen-bond acceptors (Lipinski definition) is 6. The second-order valence-electron chi connectivity index (χ2n) is 6.98. The molecule has 0 atom stereocenters. The molecule has 0 saturated heterocycles. The predicted octanol–water partition coefficient (Wildman–Crippen LogP) is 3.40. The summed E-state index contributed by atoms with van der Waals surface area (Å²) in [5, 5.41) is 5.38. The van der Waals surface area contributed by atoms with E-state index < -0.39 is 5.97 Å². The average molecular weight is 493 g/mol. The second-order valence-corrected chi connectivity index (χ2v) is 7.90. The van der Waals surface area contributed by atoms with Gasteiger partial charge in [0.2, 0.25) is 0 Å². The fourth-order valence-electron chi connectivity index (χ4n) is 2.37. The highest BCUT2D eigenvalue weighted by atomic mass is 79.9. The van der Waals surface area contributed by atoms with E-state index in [1.165, 1.54) is 25.3 Å². The first-order valence-electron chi connectivity index (χ1n) is 9.58. The van der Waals surface area contributed by atoms with Crippen molar-refractivity contribution in [3.8, 4) is 11.5 Å². The number of carbonyl (C=O) groups excluding carboxylic acids is 3. The van der Waals surface area contributed by atoms with Crippen molar-refractivity contribution in [1.29, 1.82) is 0 Å². The van der Waals surface area contributed by atoms with Crippen LogP contribution in [0.5, 0.6) is 11.5 Å². The number of hydrogen-bond donors (Lipinski definition) is 2. The van der Waals surface area contributed by atoms with Gasteiger partial charge in [0.15, 0.2) is 24.7 Å². The first-order chi connectivity index (χ1) is 14.8. The molecule has 2 N–H and O–H groups in total. The molecule has 2 aromatic carbocycles. The van der Waals surface area contributed by atoms with E-state index in [9.17, 15) is 14.4 Å². The van der Waals surface area contributed by atoms with E-state index in [4.69, 9.17) is 14.2 Å². The van der Waals surface area contributed by atoms with Crippen molar-refractivity contribution in [2.45, 2.75) is 13.8 Å². The van der Waals surface area contributed by atoms with Gasteiger partial charge >= 0.3 is 5.97 Å². The molecule has 0 aliphatic heterocycles. The lowest BCUT2D eigenvalue weighted by atomic mass is 10.2. The van der Waals surface area contributed by atoms with Gasteiger partial charge in [-0.05, 0) is 48.4 Å². The summed E-state index contributed by atoms with van der Waals surface area (Å²) in [4.78, 5) is 36.0. The Labute approximate surface area is 189 Å². The highest BCUT2D eigenvalue weighted by molar-refractivity contribution is 9.10. The Balaban J connectivity index is 1.90. The summed E-state index contributed by atoms with van der Waals surface area (Å²) < 4.78 is 16.7. The molecular weight excluding hydrogens is 468 g/mol. The molecule has 0 saturated carbocycles. The molecule has 0 aliphatic rings. The topological polar surface area (TPSA) is 103 Å². The molecule has 0 radical (unpaired) electrons. The Kier molecular flexibility index (Phi) is 9.33. The van der Waals surface area contributed by atoms with Gasteiger partial charge in [-0.3, -0.25) is 9.59 Å². The normalized spacial score (nSPS) is 10.4. The molecule has 0 aromatic heterocycles. The van der Waals surface area contributed by atoms with Gasteiger partial charge in [-0.25, -0.2) is 4.79 Å². The zero-order valence-corrected chi connectivity index (χ0v) is 19.2. The predicted molar refractivity (Wildman–Crippen MR) is 119 cm³/mol. The second kappa shape index (κ2) is 11.9. The average Bonchev–Trinajstić information content (AvgIpc) is 2.76. The summed E-state index contributed by atoms with van der Waals surface area (Å²) in [5.74, 6) is -0.535. The Morgan fingerprint density at radius 2 is 1.68 bits per heavy atom. The van der Waals surface area contributed by atoms with Crippen molar-refractivity contribution in [1.82, 2.24) is 5.32 Å². The molecule has 9 heteroatoms. The van der Waals surface area contributed by atoms with E-state index in [1.807, 2.05) is 26.0 Å². The summed E-state index contributed by atoms with van der Waals surface area (Å²) in [5.41, 5.74) is 0.833. The third-order valence-electron chi connectivity index (χ3n) is 3.93. The first kappa shape index (κ1) is 24.2. The van der Waals surface area contributed by atoms with Crippen molar-refractivity contribution in [2.24, 2.45) is 5.92 Å². The summed E-state index contributed by atoms with van der Waals surface area (Å²) >= 11 is 3.33. The fourth-order valence-corrected chi connectivity index (χ4v) is 2.64. The third-order valence-corrected chi connectivity index (χ3v) is 4.46. The maximum atomic E-state index is 12.2. The van der Waals surface area contributed by atoms with Crippen molar-refractivity contribution in [3.05, 3.63) is 52.5 Å². The molecule has 0 spiro atoms. The van der Waals surface area contributed by atoms with E-state index >= 15 is 0 Å². The zero-order chi connectivity index (χ0) is 22.8. The monoisotopic (exact) mass is 492 g/mol. The van der Waals surface area contributed by atoms with E-state index in [-0.39, 0.29) is 36.3 Å². The summed E-state index contributed by atoms with van der Waals surface area (Å²) in [6, 6.07) is 11.5. The number of anilines is 1. The molecule has 8 nitrogen and oxygen atoms in total. The van der Waals surface area contributed by atoms with Crippen LogP contribution < -0.4 is 20.1 Å².